The van der Waals surface area contributed by atoms with Gasteiger partial charge in [-0.2, -0.15) is 0 Å². The van der Waals surface area contributed by atoms with E-state index in [1.807, 2.05) is 0 Å². The molecule has 0 amide bonds. The van der Waals surface area contributed by atoms with Crippen LogP contribution in [0.15, 0.2) is 0 Å². The molecule has 0 saturated carbocycles. The number of hydrogen-bond donors (Lipinski definition) is 1. The Morgan fingerprint density at radius 2 is 1.89 bits per heavy atom. The first-order valence-electron chi connectivity index (χ1n) is 8.45. The van der Waals surface area contributed by atoms with Gasteiger partial charge in [-0.1, -0.05) is 0 Å². The first-order valence-corrected chi connectivity index (χ1v) is 8.45. The van der Waals surface area contributed by atoms with Crippen LogP contribution in [0.25, 0.3) is 0 Å². The van der Waals surface area contributed by atoms with Crippen LogP contribution in [0.1, 0.15) is 46.0 Å². The molecule has 3 atom stereocenters. The smallest absolute Gasteiger partial charge is 0.0235 e. The standard InChI is InChI=1S/C16H31N3/c1-13(2)18-10-7-15(12-18)19-9-4-5-14(11-19)16-6-3-8-17-16/h13-17H,3-12H2,1-2H3. The third-order valence-corrected chi connectivity index (χ3v) is 5.60. The van der Waals surface area contributed by atoms with Crippen LogP contribution in [-0.2, 0) is 0 Å². The maximum Gasteiger partial charge on any atom is 0.0235 e. The molecule has 110 valence electrons. The molecule has 0 spiro atoms. The molecule has 0 radical (unpaired) electrons. The van der Waals surface area contributed by atoms with Crippen LogP contribution >= 0.6 is 0 Å². The van der Waals surface area contributed by atoms with Crippen LogP contribution in [-0.4, -0.2) is 60.6 Å². The summed E-state index contributed by atoms with van der Waals surface area (Å²) in [5, 5.41) is 3.73. The van der Waals surface area contributed by atoms with Crippen molar-refractivity contribution in [2.75, 3.05) is 32.7 Å². The van der Waals surface area contributed by atoms with Crippen LogP contribution in [0.5, 0.6) is 0 Å². The van der Waals surface area contributed by atoms with Crippen molar-refractivity contribution in [3.63, 3.8) is 0 Å². The van der Waals surface area contributed by atoms with E-state index in [1.54, 1.807) is 0 Å². The van der Waals surface area contributed by atoms with E-state index in [4.69, 9.17) is 0 Å². The van der Waals surface area contributed by atoms with E-state index in [0.717, 1.165) is 24.0 Å². The van der Waals surface area contributed by atoms with Crippen molar-refractivity contribution in [3.05, 3.63) is 0 Å². The van der Waals surface area contributed by atoms with E-state index in [2.05, 4.69) is 29.0 Å². The number of nitrogens with zero attached hydrogens (tertiary/aromatic N) is 2. The highest BCUT2D eigenvalue weighted by atomic mass is 15.3. The highest BCUT2D eigenvalue weighted by Crippen LogP contribution is 2.28. The lowest BCUT2D eigenvalue weighted by atomic mass is 9.89. The second kappa shape index (κ2) is 6.11. The second-order valence-electron chi connectivity index (χ2n) is 7.13. The summed E-state index contributed by atoms with van der Waals surface area (Å²) in [5.41, 5.74) is 0. The molecule has 3 unspecified atom stereocenters. The molecule has 3 rings (SSSR count). The Balaban J connectivity index is 1.53. The normalized spacial score (nSPS) is 38.4. The Hall–Kier alpha value is -0.120. The molecule has 3 fully saturated rings. The first kappa shape index (κ1) is 13.8. The summed E-state index contributed by atoms with van der Waals surface area (Å²) in [6, 6.07) is 2.39. The summed E-state index contributed by atoms with van der Waals surface area (Å²) in [4.78, 5) is 5.47. The van der Waals surface area contributed by atoms with Gasteiger partial charge in [0.2, 0.25) is 0 Å². The third kappa shape index (κ3) is 3.14. The zero-order valence-electron chi connectivity index (χ0n) is 12.8. The Morgan fingerprint density at radius 3 is 2.58 bits per heavy atom. The molecule has 0 aromatic rings. The van der Waals surface area contributed by atoms with Crippen molar-refractivity contribution in [2.24, 2.45) is 5.92 Å². The number of nitrogens with one attached hydrogen (secondary N) is 1. The van der Waals surface area contributed by atoms with Gasteiger partial charge in [0.05, 0.1) is 0 Å². The van der Waals surface area contributed by atoms with Crippen LogP contribution in [0.4, 0.5) is 0 Å². The minimum absolute atomic E-state index is 0.724. The van der Waals surface area contributed by atoms with E-state index in [0.29, 0.717) is 0 Å². The Labute approximate surface area is 118 Å². The summed E-state index contributed by atoms with van der Waals surface area (Å²) in [6.07, 6.45) is 7.08. The van der Waals surface area contributed by atoms with Crippen LogP contribution in [0, 0.1) is 5.92 Å². The van der Waals surface area contributed by atoms with Crippen molar-refractivity contribution in [2.45, 2.75) is 64.1 Å². The average Bonchev–Trinajstić information content (AvgIpc) is 3.10. The molecule has 3 saturated heterocycles. The third-order valence-electron chi connectivity index (χ3n) is 5.60. The highest BCUT2D eigenvalue weighted by Gasteiger charge is 2.34. The predicted octanol–water partition coefficient (Wildman–Crippen LogP) is 1.93. The van der Waals surface area contributed by atoms with Gasteiger partial charge in [-0.05, 0) is 65.0 Å². The van der Waals surface area contributed by atoms with Crippen molar-refractivity contribution < 1.29 is 0 Å². The summed E-state index contributed by atoms with van der Waals surface area (Å²) >= 11 is 0. The molecule has 0 aliphatic carbocycles. The van der Waals surface area contributed by atoms with Crippen LogP contribution in [0.3, 0.4) is 0 Å². The van der Waals surface area contributed by atoms with E-state index < -0.39 is 0 Å². The van der Waals surface area contributed by atoms with Gasteiger partial charge < -0.3 is 5.32 Å². The average molecular weight is 265 g/mol. The van der Waals surface area contributed by atoms with E-state index in [1.165, 1.54) is 64.8 Å². The number of rotatable bonds is 3. The molecule has 3 aliphatic rings. The maximum atomic E-state index is 3.73. The van der Waals surface area contributed by atoms with Gasteiger partial charge in [-0.3, -0.25) is 9.80 Å². The van der Waals surface area contributed by atoms with Crippen molar-refractivity contribution in [1.29, 1.82) is 0 Å². The molecular formula is C16H31N3. The summed E-state index contributed by atoms with van der Waals surface area (Å²) in [5.74, 6) is 0.921. The van der Waals surface area contributed by atoms with E-state index in [9.17, 15) is 0 Å². The summed E-state index contributed by atoms with van der Waals surface area (Å²) < 4.78 is 0. The van der Waals surface area contributed by atoms with Crippen molar-refractivity contribution >= 4 is 0 Å². The van der Waals surface area contributed by atoms with Crippen LogP contribution in [0.2, 0.25) is 0 Å². The molecule has 3 heteroatoms. The van der Waals surface area contributed by atoms with Gasteiger partial charge in [0.1, 0.15) is 0 Å². The predicted molar refractivity (Wildman–Crippen MR) is 80.4 cm³/mol. The fraction of sp³-hybridized carbons (Fsp3) is 1.00. The fourth-order valence-corrected chi connectivity index (χ4v) is 4.35. The van der Waals surface area contributed by atoms with Crippen LogP contribution < -0.4 is 5.32 Å². The molecule has 19 heavy (non-hydrogen) atoms. The van der Waals surface area contributed by atoms with E-state index >= 15 is 0 Å². The molecule has 3 aliphatic heterocycles. The zero-order valence-corrected chi connectivity index (χ0v) is 12.8. The van der Waals surface area contributed by atoms with Gasteiger partial charge >= 0.3 is 0 Å². The SMILES string of the molecule is CC(C)N1CCC(N2CCCC(C3CCCN3)C2)C1. The second-order valence-corrected chi connectivity index (χ2v) is 7.13. The Morgan fingerprint density at radius 1 is 1.00 bits per heavy atom. The van der Waals surface area contributed by atoms with Gasteiger partial charge in [-0.25, -0.2) is 0 Å². The molecule has 0 aromatic heterocycles. The topological polar surface area (TPSA) is 18.5 Å². The Kier molecular flexibility index (Phi) is 4.45. The molecule has 1 N–H and O–H groups in total. The number of likely N-dealkylation sites (tertiary alicyclic amines) is 2. The zero-order chi connectivity index (χ0) is 13.2. The maximum absolute atomic E-state index is 3.73. The molecule has 3 heterocycles. The van der Waals surface area contributed by atoms with Crippen molar-refractivity contribution in [1.82, 2.24) is 15.1 Å². The van der Waals surface area contributed by atoms with Gasteiger partial charge in [-0.15, -0.1) is 0 Å². The first-order chi connectivity index (χ1) is 9.24. The van der Waals surface area contributed by atoms with Gasteiger partial charge in [0.15, 0.2) is 0 Å². The van der Waals surface area contributed by atoms with E-state index in [-0.39, 0.29) is 0 Å². The lowest BCUT2D eigenvalue weighted by molar-refractivity contribution is 0.106. The summed E-state index contributed by atoms with van der Waals surface area (Å²) in [7, 11) is 0. The largest absolute Gasteiger partial charge is 0.314 e. The lowest BCUT2D eigenvalue weighted by Gasteiger charge is -2.39. The minimum atomic E-state index is 0.724. The highest BCUT2D eigenvalue weighted by molar-refractivity contribution is 4.91. The molecule has 0 bridgehead atoms. The molecule has 3 nitrogen and oxygen atoms in total. The Bertz CT molecular complexity index is 286. The monoisotopic (exact) mass is 265 g/mol. The molecule has 0 aromatic carbocycles. The fourth-order valence-electron chi connectivity index (χ4n) is 4.35. The minimum Gasteiger partial charge on any atom is -0.314 e. The number of piperidine rings is 1. The van der Waals surface area contributed by atoms with Crippen molar-refractivity contribution in [3.8, 4) is 0 Å². The quantitative estimate of drug-likeness (QED) is 0.841. The lowest BCUT2D eigenvalue weighted by Crippen LogP contribution is -2.48. The number of hydrogen-bond acceptors (Lipinski definition) is 3. The van der Waals surface area contributed by atoms with Gasteiger partial charge in [0, 0.05) is 37.8 Å². The molecular weight excluding hydrogens is 234 g/mol. The van der Waals surface area contributed by atoms with Gasteiger partial charge in [0.25, 0.3) is 0 Å². The summed E-state index contributed by atoms with van der Waals surface area (Å²) in [6.45, 7) is 11.3.